The molecule has 1 aromatic carbocycles. The lowest BCUT2D eigenvalue weighted by atomic mass is 9.94. The lowest BCUT2D eigenvalue weighted by molar-refractivity contribution is 0.211. The van der Waals surface area contributed by atoms with E-state index in [-0.39, 0.29) is 0 Å². The van der Waals surface area contributed by atoms with Crippen LogP contribution < -0.4 is 5.32 Å². The highest BCUT2D eigenvalue weighted by atomic mass is 35.5. The van der Waals surface area contributed by atoms with Crippen LogP contribution in [0.5, 0.6) is 0 Å². The summed E-state index contributed by atoms with van der Waals surface area (Å²) in [6, 6.07) is 7.58. The number of hydrogen-bond donors (Lipinski definition) is 1. The van der Waals surface area contributed by atoms with Crippen molar-refractivity contribution in [1.29, 1.82) is 5.26 Å². The summed E-state index contributed by atoms with van der Waals surface area (Å²) in [5.41, 5.74) is 1.68. The maximum atomic E-state index is 8.80. The second kappa shape index (κ2) is 7.64. The summed E-state index contributed by atoms with van der Waals surface area (Å²) in [6.07, 6.45) is 3.87. The van der Waals surface area contributed by atoms with Crippen molar-refractivity contribution in [3.8, 4) is 6.07 Å². The molecule has 0 spiro atoms. The zero-order valence-corrected chi connectivity index (χ0v) is 12.8. The van der Waals surface area contributed by atoms with Gasteiger partial charge in [0.2, 0.25) is 0 Å². The van der Waals surface area contributed by atoms with Crippen LogP contribution in [-0.4, -0.2) is 31.6 Å². The molecule has 0 amide bonds. The molecule has 0 atom stereocenters. The zero-order chi connectivity index (χ0) is 14.4. The Balaban J connectivity index is 1.70. The molecule has 0 radical (unpaired) electrons. The third kappa shape index (κ3) is 4.49. The quantitative estimate of drug-likeness (QED) is 0.848. The van der Waals surface area contributed by atoms with Crippen molar-refractivity contribution in [2.45, 2.75) is 25.8 Å². The van der Waals surface area contributed by atoms with Crippen LogP contribution in [0.4, 0.5) is 0 Å². The summed E-state index contributed by atoms with van der Waals surface area (Å²) >= 11 is 6.16. The van der Waals surface area contributed by atoms with Crippen LogP contribution in [0, 0.1) is 17.2 Å². The van der Waals surface area contributed by atoms with Crippen molar-refractivity contribution in [2.24, 2.45) is 5.92 Å². The average Bonchev–Trinajstić information content (AvgIpc) is 2.46. The molecule has 2 rings (SSSR count). The van der Waals surface area contributed by atoms with E-state index in [2.05, 4.69) is 23.3 Å². The molecular weight excluding hydrogens is 270 g/mol. The van der Waals surface area contributed by atoms with Crippen LogP contribution in [0.2, 0.25) is 5.02 Å². The highest BCUT2D eigenvalue weighted by molar-refractivity contribution is 6.31. The summed E-state index contributed by atoms with van der Waals surface area (Å²) in [5.74, 6) is 0.857. The van der Waals surface area contributed by atoms with Gasteiger partial charge >= 0.3 is 0 Å². The number of piperidine rings is 1. The Hall–Kier alpha value is -1.08. The first-order chi connectivity index (χ1) is 9.69. The minimum absolute atomic E-state index is 0.616. The molecule has 20 heavy (non-hydrogen) atoms. The molecule has 3 nitrogen and oxygen atoms in total. The van der Waals surface area contributed by atoms with Gasteiger partial charge in [0.05, 0.1) is 11.6 Å². The molecule has 1 N–H and O–H groups in total. The van der Waals surface area contributed by atoms with Gasteiger partial charge in [-0.25, -0.2) is 0 Å². The van der Waals surface area contributed by atoms with Gasteiger partial charge in [-0.1, -0.05) is 17.7 Å². The number of hydrogen-bond acceptors (Lipinski definition) is 3. The molecule has 0 aliphatic carbocycles. The van der Waals surface area contributed by atoms with Gasteiger partial charge < -0.3 is 10.2 Å². The fraction of sp³-hybridized carbons (Fsp3) is 0.562. The second-order valence-electron chi connectivity index (χ2n) is 5.63. The monoisotopic (exact) mass is 291 g/mol. The fourth-order valence-corrected chi connectivity index (χ4v) is 2.89. The second-order valence-corrected chi connectivity index (χ2v) is 6.04. The lowest BCUT2D eigenvalue weighted by Gasteiger charge is -2.28. The molecule has 1 fully saturated rings. The van der Waals surface area contributed by atoms with Crippen molar-refractivity contribution in [1.82, 2.24) is 10.2 Å². The van der Waals surface area contributed by atoms with Gasteiger partial charge in [-0.2, -0.15) is 5.26 Å². The predicted molar refractivity (Wildman–Crippen MR) is 82.7 cm³/mol. The summed E-state index contributed by atoms with van der Waals surface area (Å²) in [6.45, 7) is 4.26. The Labute approximate surface area is 126 Å². The van der Waals surface area contributed by atoms with Crippen LogP contribution in [0.1, 0.15) is 30.4 Å². The van der Waals surface area contributed by atoms with Crippen LogP contribution in [-0.2, 0) is 6.54 Å². The van der Waals surface area contributed by atoms with Gasteiger partial charge in [0.1, 0.15) is 0 Å². The van der Waals surface area contributed by atoms with E-state index in [0.717, 1.165) is 24.6 Å². The van der Waals surface area contributed by atoms with Gasteiger partial charge in [0, 0.05) is 11.6 Å². The first kappa shape index (κ1) is 15.3. The van der Waals surface area contributed by atoms with Gasteiger partial charge in [-0.05, 0) is 69.6 Å². The lowest BCUT2D eigenvalue weighted by Crippen LogP contribution is -2.31. The molecule has 1 aromatic rings. The number of rotatable bonds is 5. The predicted octanol–water partition coefficient (Wildman–Crippen LogP) is 3.03. The van der Waals surface area contributed by atoms with Gasteiger partial charge in [0.25, 0.3) is 0 Å². The van der Waals surface area contributed by atoms with E-state index in [1.165, 1.54) is 32.4 Å². The standard InChI is InChI=1S/C16H22ClN3/c1-20-8-5-13(6-9-20)4-7-19-12-15-3-2-14(11-18)10-16(15)17/h2-3,10,13,19H,4-9,12H2,1H3. The third-order valence-corrected chi connectivity index (χ3v) is 4.42. The Bertz CT molecular complexity index is 473. The molecule has 0 aromatic heterocycles. The zero-order valence-electron chi connectivity index (χ0n) is 12.0. The summed E-state index contributed by atoms with van der Waals surface area (Å²) in [7, 11) is 2.20. The highest BCUT2D eigenvalue weighted by Crippen LogP contribution is 2.20. The molecule has 4 heteroatoms. The molecule has 0 saturated carbocycles. The van der Waals surface area contributed by atoms with Crippen molar-refractivity contribution < 1.29 is 0 Å². The molecule has 0 bridgehead atoms. The van der Waals surface area contributed by atoms with Gasteiger partial charge in [-0.15, -0.1) is 0 Å². The maximum absolute atomic E-state index is 8.80. The number of likely N-dealkylation sites (tertiary alicyclic amines) is 1. The van der Waals surface area contributed by atoms with E-state index in [0.29, 0.717) is 10.6 Å². The largest absolute Gasteiger partial charge is 0.313 e. The summed E-state index contributed by atoms with van der Waals surface area (Å²) in [5, 5.41) is 12.9. The highest BCUT2D eigenvalue weighted by Gasteiger charge is 2.15. The molecular formula is C16H22ClN3. The minimum Gasteiger partial charge on any atom is -0.313 e. The first-order valence-electron chi connectivity index (χ1n) is 7.27. The van der Waals surface area contributed by atoms with E-state index < -0.39 is 0 Å². The number of nitrogens with one attached hydrogen (secondary N) is 1. The number of nitriles is 1. The van der Waals surface area contributed by atoms with Crippen molar-refractivity contribution in [2.75, 3.05) is 26.7 Å². The van der Waals surface area contributed by atoms with Crippen LogP contribution in [0.15, 0.2) is 18.2 Å². The topological polar surface area (TPSA) is 39.1 Å². The Kier molecular flexibility index (Phi) is 5.85. The number of halogens is 1. The molecule has 1 aliphatic rings. The molecule has 1 heterocycles. The van der Waals surface area contributed by atoms with E-state index in [1.807, 2.05) is 12.1 Å². The normalized spacial score (nSPS) is 17.1. The van der Waals surface area contributed by atoms with Crippen molar-refractivity contribution in [3.63, 3.8) is 0 Å². The Morgan fingerprint density at radius 3 is 2.80 bits per heavy atom. The SMILES string of the molecule is CN1CCC(CCNCc2ccc(C#N)cc2Cl)CC1. The fourth-order valence-electron chi connectivity index (χ4n) is 2.64. The first-order valence-corrected chi connectivity index (χ1v) is 7.64. The van der Waals surface area contributed by atoms with E-state index in [1.54, 1.807) is 6.07 Å². The molecule has 108 valence electrons. The maximum Gasteiger partial charge on any atom is 0.0992 e. The third-order valence-electron chi connectivity index (χ3n) is 4.07. The Morgan fingerprint density at radius 1 is 1.40 bits per heavy atom. The minimum atomic E-state index is 0.616. The van der Waals surface area contributed by atoms with Crippen LogP contribution >= 0.6 is 11.6 Å². The number of nitrogens with zero attached hydrogens (tertiary/aromatic N) is 2. The number of benzene rings is 1. The Morgan fingerprint density at radius 2 is 2.15 bits per heavy atom. The smallest absolute Gasteiger partial charge is 0.0992 e. The van der Waals surface area contributed by atoms with Crippen LogP contribution in [0.3, 0.4) is 0 Å². The molecule has 1 aliphatic heterocycles. The van der Waals surface area contributed by atoms with Gasteiger partial charge in [0.15, 0.2) is 0 Å². The molecule has 0 unspecified atom stereocenters. The summed E-state index contributed by atoms with van der Waals surface area (Å²) < 4.78 is 0. The van der Waals surface area contributed by atoms with E-state index in [9.17, 15) is 0 Å². The van der Waals surface area contributed by atoms with Crippen LogP contribution in [0.25, 0.3) is 0 Å². The van der Waals surface area contributed by atoms with Crippen molar-refractivity contribution in [3.05, 3.63) is 34.3 Å². The van der Waals surface area contributed by atoms with E-state index >= 15 is 0 Å². The average molecular weight is 292 g/mol. The van der Waals surface area contributed by atoms with Crippen molar-refractivity contribution >= 4 is 11.6 Å². The molecule has 1 saturated heterocycles. The summed E-state index contributed by atoms with van der Waals surface area (Å²) in [4.78, 5) is 2.40. The van der Waals surface area contributed by atoms with Gasteiger partial charge in [-0.3, -0.25) is 0 Å². The van der Waals surface area contributed by atoms with E-state index in [4.69, 9.17) is 16.9 Å².